The molecule has 0 radical (unpaired) electrons. The van der Waals surface area contributed by atoms with Gasteiger partial charge in [-0.3, -0.25) is 4.68 Å². The zero-order valence-electron chi connectivity index (χ0n) is 17.6. The van der Waals surface area contributed by atoms with Crippen molar-refractivity contribution in [2.24, 2.45) is 0 Å². The third-order valence-electron chi connectivity index (χ3n) is 5.40. The van der Waals surface area contributed by atoms with E-state index in [1.54, 1.807) is 30.3 Å². The fourth-order valence-corrected chi connectivity index (χ4v) is 3.73. The van der Waals surface area contributed by atoms with Gasteiger partial charge in [-0.15, -0.1) is 0 Å². The Morgan fingerprint density at radius 1 is 1.18 bits per heavy atom. The number of carbonyl (C=O) groups is 1. The van der Waals surface area contributed by atoms with Gasteiger partial charge in [0, 0.05) is 18.2 Å². The van der Waals surface area contributed by atoms with E-state index >= 15 is 0 Å². The van der Waals surface area contributed by atoms with Gasteiger partial charge in [0.2, 0.25) is 0 Å². The van der Waals surface area contributed by atoms with Crippen molar-refractivity contribution in [3.63, 3.8) is 0 Å². The minimum absolute atomic E-state index is 0.0732. The largest absolute Gasteiger partial charge is 0.480 e. The summed E-state index contributed by atoms with van der Waals surface area (Å²) in [5.41, 5.74) is 1.64. The zero-order chi connectivity index (χ0) is 23.7. The van der Waals surface area contributed by atoms with E-state index in [1.807, 2.05) is 0 Å². The predicted molar refractivity (Wildman–Crippen MR) is 114 cm³/mol. The first-order valence-corrected chi connectivity index (χ1v) is 10.3. The predicted octanol–water partition coefficient (Wildman–Crippen LogP) is 2.61. The molecular weight excluding hydrogens is 450 g/mol. The molecule has 3 aromatic heterocycles. The maximum atomic E-state index is 14.7. The Morgan fingerprint density at radius 2 is 2.03 bits per heavy atom. The number of aromatic nitrogens is 5. The number of rotatable bonds is 6. The number of benzene rings is 1. The first-order valence-electron chi connectivity index (χ1n) is 10.3. The summed E-state index contributed by atoms with van der Waals surface area (Å²) in [6.07, 6.45) is 2.37. The van der Waals surface area contributed by atoms with Gasteiger partial charge in [-0.2, -0.15) is 5.10 Å². The van der Waals surface area contributed by atoms with E-state index in [1.165, 1.54) is 21.9 Å². The maximum Gasteiger partial charge on any atom is 0.328 e. The smallest absolute Gasteiger partial charge is 0.328 e. The number of hydrogen-bond acceptors (Lipinski definition) is 8. The summed E-state index contributed by atoms with van der Waals surface area (Å²) in [6.45, 7) is 0.377. The number of nitrogens with zero attached hydrogens (tertiary/aromatic N) is 6. The Morgan fingerprint density at radius 3 is 2.79 bits per heavy atom. The second kappa shape index (κ2) is 8.98. The zero-order valence-corrected chi connectivity index (χ0v) is 17.6. The number of ether oxygens (including phenoxy) is 1. The number of anilines is 1. The molecule has 1 aliphatic heterocycles. The second-order valence-electron chi connectivity index (χ2n) is 7.54. The third-order valence-corrected chi connectivity index (χ3v) is 5.40. The number of halogens is 2. The molecule has 0 aliphatic carbocycles. The van der Waals surface area contributed by atoms with Crippen LogP contribution in [-0.2, 0) is 16.1 Å². The molecule has 1 atom stereocenters. The molecule has 0 saturated carbocycles. The van der Waals surface area contributed by atoms with Crippen LogP contribution in [0.2, 0.25) is 0 Å². The van der Waals surface area contributed by atoms with Crippen molar-refractivity contribution in [2.45, 2.75) is 12.6 Å². The monoisotopic (exact) mass is 468 g/mol. The maximum absolute atomic E-state index is 14.7. The van der Waals surface area contributed by atoms with Gasteiger partial charge < -0.3 is 19.3 Å². The average molecular weight is 468 g/mol. The van der Waals surface area contributed by atoms with Crippen LogP contribution in [0.4, 0.5) is 14.6 Å². The molecule has 0 spiro atoms. The van der Waals surface area contributed by atoms with Crippen LogP contribution in [0, 0.1) is 11.6 Å². The Kier molecular flexibility index (Phi) is 5.72. The summed E-state index contributed by atoms with van der Waals surface area (Å²) in [5, 5.41) is 17.9. The van der Waals surface area contributed by atoms with Crippen LogP contribution >= 0.6 is 0 Å². The van der Waals surface area contributed by atoms with Crippen LogP contribution < -0.4 is 4.90 Å². The van der Waals surface area contributed by atoms with Gasteiger partial charge in [0.1, 0.15) is 23.5 Å². The summed E-state index contributed by atoms with van der Waals surface area (Å²) >= 11 is 0. The van der Waals surface area contributed by atoms with Gasteiger partial charge in [-0.05, 0) is 12.1 Å². The van der Waals surface area contributed by atoms with E-state index in [9.17, 15) is 18.7 Å². The second-order valence-corrected chi connectivity index (χ2v) is 7.54. The molecule has 0 bridgehead atoms. The highest BCUT2D eigenvalue weighted by atomic mass is 19.1. The highest BCUT2D eigenvalue weighted by Crippen LogP contribution is 2.28. The first-order chi connectivity index (χ1) is 16.5. The highest BCUT2D eigenvalue weighted by molar-refractivity contribution is 5.78. The molecule has 4 aromatic rings. The molecule has 1 fully saturated rings. The Bertz CT molecular complexity index is 1330. The van der Waals surface area contributed by atoms with E-state index in [4.69, 9.17) is 9.26 Å². The fourth-order valence-electron chi connectivity index (χ4n) is 3.73. The summed E-state index contributed by atoms with van der Waals surface area (Å²) < 4.78 is 40.6. The summed E-state index contributed by atoms with van der Waals surface area (Å²) in [7, 11) is 0. The van der Waals surface area contributed by atoms with Gasteiger partial charge in [0.05, 0.1) is 31.6 Å². The van der Waals surface area contributed by atoms with E-state index in [2.05, 4.69) is 20.2 Å². The van der Waals surface area contributed by atoms with Crippen molar-refractivity contribution in [1.29, 1.82) is 0 Å². The van der Waals surface area contributed by atoms with Crippen molar-refractivity contribution in [3.05, 3.63) is 66.1 Å². The molecule has 174 valence electrons. The van der Waals surface area contributed by atoms with Crippen molar-refractivity contribution in [3.8, 4) is 22.9 Å². The summed E-state index contributed by atoms with van der Waals surface area (Å²) in [6, 6.07) is 8.47. The number of carboxylic acids is 1. The van der Waals surface area contributed by atoms with E-state index in [0.29, 0.717) is 17.0 Å². The minimum atomic E-state index is -1.15. The quantitative estimate of drug-likeness (QED) is 0.455. The lowest BCUT2D eigenvalue weighted by Gasteiger charge is -2.33. The molecular formula is C22H18F2N6O4. The van der Waals surface area contributed by atoms with Crippen molar-refractivity contribution in [2.75, 3.05) is 24.7 Å². The molecule has 34 heavy (non-hydrogen) atoms. The normalized spacial score (nSPS) is 16.1. The van der Waals surface area contributed by atoms with Gasteiger partial charge >= 0.3 is 5.97 Å². The summed E-state index contributed by atoms with van der Waals surface area (Å²) in [5.74, 6) is -2.39. The Balaban J connectivity index is 1.56. The SMILES string of the molecule is O=C(O)C1COCCN1c1nc(-c2cc(-c3ccon3)n(Cc3ccccc3F)n2)ncc1F. The van der Waals surface area contributed by atoms with Crippen LogP contribution in [0.1, 0.15) is 5.56 Å². The minimum Gasteiger partial charge on any atom is -0.480 e. The topological polar surface area (TPSA) is 119 Å². The van der Waals surface area contributed by atoms with Crippen LogP contribution in [0.15, 0.2) is 53.4 Å². The Labute approximate surface area is 191 Å². The molecule has 12 heteroatoms. The molecule has 4 heterocycles. The van der Waals surface area contributed by atoms with Crippen LogP contribution in [0.5, 0.6) is 0 Å². The lowest BCUT2D eigenvalue weighted by Crippen LogP contribution is -2.50. The van der Waals surface area contributed by atoms with Crippen LogP contribution in [0.25, 0.3) is 22.9 Å². The van der Waals surface area contributed by atoms with Crippen LogP contribution in [0.3, 0.4) is 0 Å². The average Bonchev–Trinajstić information content (AvgIpc) is 3.51. The first kappa shape index (κ1) is 21.6. The highest BCUT2D eigenvalue weighted by Gasteiger charge is 2.32. The molecule has 1 saturated heterocycles. The number of morpholine rings is 1. The van der Waals surface area contributed by atoms with Gasteiger partial charge in [-0.25, -0.2) is 23.5 Å². The molecule has 5 rings (SSSR count). The molecule has 1 unspecified atom stereocenters. The van der Waals surface area contributed by atoms with E-state index in [-0.39, 0.29) is 43.6 Å². The number of aliphatic carboxylic acids is 1. The third kappa shape index (κ3) is 4.10. The van der Waals surface area contributed by atoms with Crippen molar-refractivity contribution >= 4 is 11.8 Å². The molecule has 1 N–H and O–H groups in total. The lowest BCUT2D eigenvalue weighted by atomic mass is 10.2. The van der Waals surface area contributed by atoms with Crippen LogP contribution in [-0.4, -0.2) is 61.8 Å². The molecule has 1 aromatic carbocycles. The van der Waals surface area contributed by atoms with Gasteiger partial charge in [0.25, 0.3) is 0 Å². The lowest BCUT2D eigenvalue weighted by molar-refractivity contribution is -0.141. The van der Waals surface area contributed by atoms with E-state index in [0.717, 1.165) is 6.20 Å². The Hall–Kier alpha value is -4.19. The molecule has 10 nitrogen and oxygen atoms in total. The fraction of sp³-hybridized carbons (Fsp3) is 0.227. The van der Waals surface area contributed by atoms with Crippen molar-refractivity contribution in [1.82, 2.24) is 24.9 Å². The standard InChI is InChI=1S/C22H18F2N6O4/c23-14-4-2-1-3-13(14)11-30-18(16-5-7-34-28-16)9-17(27-30)20-25-10-15(24)21(26-20)29-6-8-33-12-19(29)22(31)32/h1-5,7,9-10,19H,6,8,11-12H2,(H,31,32). The summed E-state index contributed by atoms with van der Waals surface area (Å²) in [4.78, 5) is 21.3. The molecule has 0 amide bonds. The number of hydrogen-bond donors (Lipinski definition) is 1. The molecule has 1 aliphatic rings. The van der Waals surface area contributed by atoms with Gasteiger partial charge in [-0.1, -0.05) is 23.4 Å². The van der Waals surface area contributed by atoms with E-state index < -0.39 is 23.6 Å². The van der Waals surface area contributed by atoms with Crippen molar-refractivity contribution < 1.29 is 27.9 Å². The van der Waals surface area contributed by atoms with Gasteiger partial charge in [0.15, 0.2) is 23.5 Å². The number of carboxylic acid groups (broad SMARTS) is 1.